The largest absolute Gasteiger partial charge is 0.362 e. The van der Waals surface area contributed by atoms with Crippen LogP contribution in [0.25, 0.3) is 0 Å². The average molecular weight is 238 g/mol. The van der Waals surface area contributed by atoms with Crippen LogP contribution < -0.4 is 0 Å². The quantitative estimate of drug-likeness (QED) is 0.521. The summed E-state index contributed by atoms with van der Waals surface area (Å²) < 4.78 is 33.3. The van der Waals surface area contributed by atoms with Crippen molar-refractivity contribution in [2.75, 3.05) is 34.4 Å². The number of methoxy groups -OCH3 is 2. The zero-order valence-corrected chi connectivity index (χ0v) is 9.65. The first-order valence-corrected chi connectivity index (χ1v) is 5.17. The Morgan fingerprint density at radius 3 is 2.56 bits per heavy atom. The number of rotatable bonds is 7. The van der Waals surface area contributed by atoms with Gasteiger partial charge in [0.1, 0.15) is 13.6 Å². The third-order valence-corrected chi connectivity index (χ3v) is 2.55. The molecule has 1 N–H and O–H groups in total. The Bertz CT molecular complexity index is 200. The average Bonchev–Trinajstić information content (AvgIpc) is 2.51. The lowest BCUT2D eigenvalue weighted by Gasteiger charge is -2.18. The maximum atomic E-state index is 13.4. The molecule has 0 amide bonds. The second kappa shape index (κ2) is 6.46. The van der Waals surface area contributed by atoms with Crippen molar-refractivity contribution in [3.63, 3.8) is 0 Å². The van der Waals surface area contributed by atoms with Gasteiger partial charge in [-0.15, -0.1) is 0 Å². The van der Waals surface area contributed by atoms with Gasteiger partial charge in [0, 0.05) is 33.0 Å². The fourth-order valence-electron chi connectivity index (χ4n) is 1.89. The fourth-order valence-corrected chi connectivity index (χ4v) is 1.89. The summed E-state index contributed by atoms with van der Waals surface area (Å²) >= 11 is 0. The number of ether oxygens (including phenoxy) is 4. The molecule has 96 valence electrons. The summed E-state index contributed by atoms with van der Waals surface area (Å²) in [5, 5.41) is 9.32. The molecule has 1 aliphatic carbocycles. The van der Waals surface area contributed by atoms with Crippen LogP contribution in [0.2, 0.25) is 0 Å². The number of hydrogen-bond acceptors (Lipinski definition) is 5. The molecule has 0 aromatic heterocycles. The second-order valence-electron chi connectivity index (χ2n) is 3.98. The number of alkyl halides is 1. The predicted octanol–water partition coefficient (Wildman–Crippen LogP) is 0.664. The van der Waals surface area contributed by atoms with Crippen molar-refractivity contribution in [3.8, 4) is 0 Å². The molecule has 0 aromatic rings. The second-order valence-corrected chi connectivity index (χ2v) is 3.98. The monoisotopic (exact) mass is 238 g/mol. The fraction of sp³-hybridized carbons (Fsp3) is 1.00. The lowest BCUT2D eigenvalue weighted by atomic mass is 10.1. The molecule has 0 bridgehead atoms. The molecular weight excluding hydrogens is 219 g/mol. The van der Waals surface area contributed by atoms with E-state index in [1.165, 1.54) is 14.2 Å². The molecule has 6 heteroatoms. The van der Waals surface area contributed by atoms with Crippen molar-refractivity contribution in [2.45, 2.75) is 24.8 Å². The molecule has 3 atom stereocenters. The van der Waals surface area contributed by atoms with E-state index in [1.807, 2.05) is 0 Å². The van der Waals surface area contributed by atoms with E-state index in [9.17, 15) is 9.50 Å². The highest BCUT2D eigenvalue weighted by atomic mass is 19.2. The molecule has 0 heterocycles. The van der Waals surface area contributed by atoms with Gasteiger partial charge in [0.15, 0.2) is 0 Å². The molecule has 1 fully saturated rings. The lowest BCUT2D eigenvalue weighted by molar-refractivity contribution is -0.116. The van der Waals surface area contributed by atoms with Gasteiger partial charge >= 0.3 is 0 Å². The summed E-state index contributed by atoms with van der Waals surface area (Å²) in [6.45, 7) is 0.536. The van der Waals surface area contributed by atoms with Gasteiger partial charge in [0.05, 0.1) is 12.7 Å². The summed E-state index contributed by atoms with van der Waals surface area (Å²) in [5.41, 5.74) is 0. The van der Waals surface area contributed by atoms with Crippen molar-refractivity contribution < 1.29 is 28.4 Å². The van der Waals surface area contributed by atoms with Crippen LogP contribution in [0.5, 0.6) is 0 Å². The van der Waals surface area contributed by atoms with Gasteiger partial charge in [-0.3, -0.25) is 0 Å². The summed E-state index contributed by atoms with van der Waals surface area (Å²) in [5.74, 6) is -2.35. The van der Waals surface area contributed by atoms with Gasteiger partial charge in [-0.05, 0) is 0 Å². The van der Waals surface area contributed by atoms with Gasteiger partial charge in [0.2, 0.25) is 5.85 Å². The lowest BCUT2D eigenvalue weighted by Crippen LogP contribution is -2.24. The van der Waals surface area contributed by atoms with E-state index in [0.717, 1.165) is 0 Å². The van der Waals surface area contributed by atoms with Crippen LogP contribution in [0.3, 0.4) is 0 Å². The summed E-state index contributed by atoms with van der Waals surface area (Å²) in [6.07, 6.45) is -0.408. The SMILES string of the molecule is COCOCC1CC(O)(F)CC1OCOC. The third-order valence-electron chi connectivity index (χ3n) is 2.55. The Hall–Kier alpha value is -0.270. The first-order chi connectivity index (χ1) is 7.59. The van der Waals surface area contributed by atoms with Crippen molar-refractivity contribution in [1.29, 1.82) is 0 Å². The molecule has 0 saturated heterocycles. The van der Waals surface area contributed by atoms with Gasteiger partial charge in [0.25, 0.3) is 0 Å². The van der Waals surface area contributed by atoms with E-state index in [-0.39, 0.29) is 38.4 Å². The van der Waals surface area contributed by atoms with Crippen LogP contribution in [-0.4, -0.2) is 51.5 Å². The smallest absolute Gasteiger partial charge is 0.209 e. The highest BCUT2D eigenvalue weighted by Gasteiger charge is 2.45. The van der Waals surface area contributed by atoms with E-state index in [4.69, 9.17) is 18.9 Å². The molecule has 1 aliphatic rings. The van der Waals surface area contributed by atoms with Crippen LogP contribution >= 0.6 is 0 Å². The maximum absolute atomic E-state index is 13.4. The van der Waals surface area contributed by atoms with Gasteiger partial charge in [-0.1, -0.05) is 0 Å². The molecular formula is C10H19FO5. The molecule has 0 aliphatic heterocycles. The zero-order chi connectivity index (χ0) is 12.0. The van der Waals surface area contributed by atoms with E-state index in [2.05, 4.69) is 0 Å². The Labute approximate surface area is 94.4 Å². The van der Waals surface area contributed by atoms with Crippen molar-refractivity contribution in [1.82, 2.24) is 0 Å². The summed E-state index contributed by atoms with van der Waals surface area (Å²) in [6, 6.07) is 0. The molecule has 16 heavy (non-hydrogen) atoms. The van der Waals surface area contributed by atoms with E-state index >= 15 is 0 Å². The minimum atomic E-state index is -2.17. The molecule has 3 unspecified atom stereocenters. The van der Waals surface area contributed by atoms with Crippen LogP contribution in [0.1, 0.15) is 12.8 Å². The molecule has 1 rings (SSSR count). The van der Waals surface area contributed by atoms with Crippen molar-refractivity contribution in [3.05, 3.63) is 0 Å². The van der Waals surface area contributed by atoms with Gasteiger partial charge in [-0.25, -0.2) is 4.39 Å². The Kier molecular flexibility index (Phi) is 5.57. The third kappa shape index (κ3) is 4.31. The standard InChI is InChI=1S/C10H19FO5/c1-13-6-15-5-8-3-10(11,12)4-9(8)16-7-14-2/h8-9,12H,3-7H2,1-2H3. The molecule has 0 radical (unpaired) electrons. The molecule has 0 aromatic carbocycles. The van der Waals surface area contributed by atoms with E-state index in [0.29, 0.717) is 6.61 Å². The summed E-state index contributed by atoms with van der Waals surface area (Å²) in [4.78, 5) is 0. The number of aliphatic hydroxyl groups is 1. The molecule has 5 nitrogen and oxygen atoms in total. The Balaban J connectivity index is 2.38. The van der Waals surface area contributed by atoms with Gasteiger partial charge in [-0.2, -0.15) is 0 Å². The zero-order valence-electron chi connectivity index (χ0n) is 9.65. The summed E-state index contributed by atoms with van der Waals surface area (Å²) in [7, 11) is 3.01. The minimum Gasteiger partial charge on any atom is -0.362 e. The first kappa shape index (κ1) is 13.8. The number of halogens is 1. The van der Waals surface area contributed by atoms with Crippen molar-refractivity contribution >= 4 is 0 Å². The van der Waals surface area contributed by atoms with Crippen LogP contribution in [0.15, 0.2) is 0 Å². The minimum absolute atomic E-state index is 0.0189. The maximum Gasteiger partial charge on any atom is 0.209 e. The van der Waals surface area contributed by atoms with Crippen LogP contribution in [0.4, 0.5) is 4.39 Å². The van der Waals surface area contributed by atoms with Crippen molar-refractivity contribution in [2.24, 2.45) is 5.92 Å². The number of hydrogen-bond donors (Lipinski definition) is 1. The Morgan fingerprint density at radius 2 is 1.94 bits per heavy atom. The Morgan fingerprint density at radius 1 is 1.25 bits per heavy atom. The highest BCUT2D eigenvalue weighted by molar-refractivity contribution is 4.88. The first-order valence-electron chi connectivity index (χ1n) is 5.17. The van der Waals surface area contributed by atoms with Crippen LogP contribution in [-0.2, 0) is 18.9 Å². The topological polar surface area (TPSA) is 57.2 Å². The van der Waals surface area contributed by atoms with Crippen LogP contribution in [0, 0.1) is 5.92 Å². The highest BCUT2D eigenvalue weighted by Crippen LogP contribution is 2.37. The molecule has 0 spiro atoms. The van der Waals surface area contributed by atoms with E-state index < -0.39 is 5.85 Å². The van der Waals surface area contributed by atoms with Gasteiger partial charge < -0.3 is 24.1 Å². The predicted molar refractivity (Wildman–Crippen MR) is 53.4 cm³/mol. The molecule has 1 saturated carbocycles. The van der Waals surface area contributed by atoms with E-state index in [1.54, 1.807) is 0 Å². The normalized spacial score (nSPS) is 34.5.